The molecule has 0 aliphatic carbocycles. The molecule has 1 aromatic carbocycles. The summed E-state index contributed by atoms with van der Waals surface area (Å²) in [7, 11) is 0. The largest absolute Gasteiger partial charge is 0.491 e. The first-order valence-electron chi connectivity index (χ1n) is 7.70. The molecule has 1 N–H and O–H groups in total. The van der Waals surface area contributed by atoms with Crippen LogP contribution in [0, 0.1) is 0 Å². The molecule has 0 radical (unpaired) electrons. The Labute approximate surface area is 130 Å². The highest BCUT2D eigenvalue weighted by atomic mass is 16.5. The van der Waals surface area contributed by atoms with Crippen molar-refractivity contribution in [2.24, 2.45) is 0 Å². The lowest BCUT2D eigenvalue weighted by molar-refractivity contribution is 0.0627. The van der Waals surface area contributed by atoms with Crippen LogP contribution in [0.5, 0.6) is 5.75 Å². The second kappa shape index (κ2) is 7.33. The number of benzene rings is 1. The fourth-order valence-corrected chi connectivity index (χ4v) is 2.85. The molecule has 2 atom stereocenters. The van der Waals surface area contributed by atoms with Crippen LogP contribution < -0.4 is 4.74 Å². The van der Waals surface area contributed by atoms with Crippen LogP contribution in [-0.4, -0.2) is 45.8 Å². The lowest BCUT2D eigenvalue weighted by Gasteiger charge is -2.25. The summed E-state index contributed by atoms with van der Waals surface area (Å²) in [5.74, 6) is 1.63. The van der Waals surface area contributed by atoms with Crippen LogP contribution in [0.1, 0.15) is 24.7 Å². The molecule has 5 nitrogen and oxygen atoms in total. The second-order valence-electron chi connectivity index (χ2n) is 5.54. The van der Waals surface area contributed by atoms with Crippen molar-refractivity contribution in [3.05, 3.63) is 54.6 Å². The van der Waals surface area contributed by atoms with Crippen molar-refractivity contribution in [2.45, 2.75) is 25.0 Å². The maximum atomic E-state index is 10.2. The average molecular weight is 299 g/mol. The topological polar surface area (TPSA) is 58.5 Å². The van der Waals surface area contributed by atoms with E-state index >= 15 is 0 Å². The highest BCUT2D eigenvalue weighted by molar-refractivity contribution is 5.20. The summed E-state index contributed by atoms with van der Waals surface area (Å²) in [6.07, 6.45) is 5.16. The summed E-state index contributed by atoms with van der Waals surface area (Å²) in [5.41, 5.74) is 0. The minimum absolute atomic E-state index is 0.201. The summed E-state index contributed by atoms with van der Waals surface area (Å²) in [5, 5.41) is 10.2. The fourth-order valence-electron chi connectivity index (χ4n) is 2.85. The molecule has 1 saturated heterocycles. The van der Waals surface area contributed by atoms with Gasteiger partial charge in [0.2, 0.25) is 0 Å². The van der Waals surface area contributed by atoms with Gasteiger partial charge in [-0.3, -0.25) is 4.90 Å². The molecule has 0 saturated carbocycles. The molecule has 2 heterocycles. The predicted octanol–water partition coefficient (Wildman–Crippen LogP) is 2.05. The number of likely N-dealkylation sites (tertiary alicyclic amines) is 1. The molecule has 1 aromatic heterocycles. The van der Waals surface area contributed by atoms with Gasteiger partial charge in [0.05, 0.1) is 6.04 Å². The Morgan fingerprint density at radius 1 is 1.18 bits per heavy atom. The molecule has 1 fully saturated rings. The number of aliphatic hydroxyl groups excluding tert-OH is 1. The first-order valence-corrected chi connectivity index (χ1v) is 7.70. The standard InChI is InChI=1S/C17H21N3O2/c21-14(13-22-15-6-2-1-3-7-15)12-20-11-4-8-16(20)17-18-9-5-10-19-17/h1-3,5-7,9-10,14,16,21H,4,8,11-13H2. The molecule has 0 amide bonds. The lowest BCUT2D eigenvalue weighted by Crippen LogP contribution is -2.35. The fraction of sp³-hybridized carbons (Fsp3) is 0.412. The number of hydrogen-bond donors (Lipinski definition) is 1. The van der Waals surface area contributed by atoms with Gasteiger partial charge in [-0.25, -0.2) is 9.97 Å². The maximum Gasteiger partial charge on any atom is 0.145 e. The number of aliphatic hydroxyl groups is 1. The first-order chi connectivity index (χ1) is 10.8. The lowest BCUT2D eigenvalue weighted by atomic mass is 10.2. The Kier molecular flexibility index (Phi) is 4.98. The highest BCUT2D eigenvalue weighted by Gasteiger charge is 2.29. The minimum Gasteiger partial charge on any atom is -0.491 e. The number of hydrogen-bond acceptors (Lipinski definition) is 5. The van der Waals surface area contributed by atoms with E-state index in [4.69, 9.17) is 4.74 Å². The average Bonchev–Trinajstić information content (AvgIpc) is 3.03. The zero-order valence-electron chi connectivity index (χ0n) is 12.5. The van der Waals surface area contributed by atoms with Gasteiger partial charge in [0.15, 0.2) is 0 Å². The zero-order chi connectivity index (χ0) is 15.2. The van der Waals surface area contributed by atoms with Gasteiger partial charge in [-0.15, -0.1) is 0 Å². The van der Waals surface area contributed by atoms with Crippen LogP contribution >= 0.6 is 0 Å². The van der Waals surface area contributed by atoms with Crippen molar-refractivity contribution in [3.63, 3.8) is 0 Å². The smallest absolute Gasteiger partial charge is 0.145 e. The van der Waals surface area contributed by atoms with Gasteiger partial charge in [0.1, 0.15) is 24.3 Å². The van der Waals surface area contributed by atoms with Crippen molar-refractivity contribution in [2.75, 3.05) is 19.7 Å². The molecular formula is C17H21N3O2. The van der Waals surface area contributed by atoms with Gasteiger partial charge < -0.3 is 9.84 Å². The predicted molar refractivity (Wildman–Crippen MR) is 83.5 cm³/mol. The summed E-state index contributed by atoms with van der Waals surface area (Å²) in [6.45, 7) is 1.84. The Morgan fingerprint density at radius 2 is 1.95 bits per heavy atom. The number of aromatic nitrogens is 2. The zero-order valence-corrected chi connectivity index (χ0v) is 12.5. The van der Waals surface area contributed by atoms with Crippen LogP contribution in [-0.2, 0) is 0 Å². The molecule has 3 rings (SSSR count). The van der Waals surface area contributed by atoms with Crippen molar-refractivity contribution >= 4 is 0 Å². The van der Waals surface area contributed by atoms with E-state index in [9.17, 15) is 5.11 Å². The van der Waals surface area contributed by atoms with Gasteiger partial charge in [0, 0.05) is 18.9 Å². The first kappa shape index (κ1) is 14.9. The van der Waals surface area contributed by atoms with E-state index < -0.39 is 6.10 Å². The van der Waals surface area contributed by atoms with Gasteiger partial charge in [0.25, 0.3) is 0 Å². The van der Waals surface area contributed by atoms with E-state index in [2.05, 4.69) is 14.9 Å². The van der Waals surface area contributed by atoms with E-state index in [1.54, 1.807) is 12.4 Å². The SMILES string of the molecule is OC(COc1ccccc1)CN1CCCC1c1ncccn1. The normalized spacial score (nSPS) is 20.0. The van der Waals surface area contributed by atoms with Crippen LogP contribution in [0.3, 0.4) is 0 Å². The van der Waals surface area contributed by atoms with Crippen molar-refractivity contribution < 1.29 is 9.84 Å². The summed E-state index contributed by atoms with van der Waals surface area (Å²) >= 11 is 0. The van der Waals surface area contributed by atoms with Crippen LogP contribution in [0.25, 0.3) is 0 Å². The minimum atomic E-state index is -0.524. The second-order valence-corrected chi connectivity index (χ2v) is 5.54. The van der Waals surface area contributed by atoms with Crippen LogP contribution in [0.15, 0.2) is 48.8 Å². The third-order valence-electron chi connectivity index (χ3n) is 3.88. The molecule has 22 heavy (non-hydrogen) atoms. The van der Waals surface area contributed by atoms with E-state index in [1.165, 1.54) is 0 Å². The number of rotatable bonds is 6. The van der Waals surface area contributed by atoms with Gasteiger partial charge in [-0.1, -0.05) is 18.2 Å². The molecule has 2 aromatic rings. The van der Waals surface area contributed by atoms with Gasteiger partial charge in [-0.05, 0) is 37.6 Å². The van der Waals surface area contributed by atoms with Crippen molar-refractivity contribution in [1.82, 2.24) is 14.9 Å². The van der Waals surface area contributed by atoms with E-state index in [0.29, 0.717) is 13.2 Å². The highest BCUT2D eigenvalue weighted by Crippen LogP contribution is 2.29. The summed E-state index contributed by atoms with van der Waals surface area (Å²) < 4.78 is 5.61. The molecular weight excluding hydrogens is 278 g/mol. The molecule has 0 spiro atoms. The number of β-amino-alcohol motifs (C(OH)–C–C–N with tert-alkyl or cyclic N) is 1. The van der Waals surface area contributed by atoms with Gasteiger partial charge >= 0.3 is 0 Å². The van der Waals surface area contributed by atoms with E-state index in [1.807, 2.05) is 36.4 Å². The van der Waals surface area contributed by atoms with Crippen LogP contribution in [0.4, 0.5) is 0 Å². The third kappa shape index (κ3) is 3.81. The molecule has 1 aliphatic heterocycles. The maximum absolute atomic E-state index is 10.2. The number of nitrogens with zero attached hydrogens (tertiary/aromatic N) is 3. The Morgan fingerprint density at radius 3 is 2.73 bits per heavy atom. The van der Waals surface area contributed by atoms with Crippen molar-refractivity contribution in [3.8, 4) is 5.75 Å². The Hall–Kier alpha value is -1.98. The van der Waals surface area contributed by atoms with Crippen LogP contribution in [0.2, 0.25) is 0 Å². The Balaban J connectivity index is 1.53. The number of ether oxygens (including phenoxy) is 1. The molecule has 2 unspecified atom stereocenters. The Bertz CT molecular complexity index is 565. The third-order valence-corrected chi connectivity index (χ3v) is 3.88. The number of para-hydroxylation sites is 1. The summed E-state index contributed by atoms with van der Waals surface area (Å²) in [6, 6.07) is 11.6. The summed E-state index contributed by atoms with van der Waals surface area (Å²) in [4.78, 5) is 10.9. The monoisotopic (exact) mass is 299 g/mol. The quantitative estimate of drug-likeness (QED) is 0.884. The molecule has 116 valence electrons. The molecule has 0 bridgehead atoms. The van der Waals surface area contributed by atoms with Gasteiger partial charge in [-0.2, -0.15) is 0 Å². The van der Waals surface area contributed by atoms with E-state index in [-0.39, 0.29) is 6.04 Å². The van der Waals surface area contributed by atoms with E-state index in [0.717, 1.165) is 31.0 Å². The van der Waals surface area contributed by atoms with Crippen molar-refractivity contribution in [1.29, 1.82) is 0 Å². The molecule has 1 aliphatic rings. The molecule has 5 heteroatoms.